The third kappa shape index (κ3) is 5.92. The van der Waals surface area contributed by atoms with Crippen molar-refractivity contribution in [2.45, 2.75) is 25.9 Å². The first-order valence-electron chi connectivity index (χ1n) is 3.10. The Labute approximate surface area is 50.9 Å². The molecule has 2 heteroatoms. The molecule has 0 aliphatic heterocycles. The van der Waals surface area contributed by atoms with E-state index < -0.39 is 0 Å². The van der Waals surface area contributed by atoms with Gasteiger partial charge in [0.15, 0.2) is 0 Å². The van der Waals surface area contributed by atoms with Gasteiger partial charge in [-0.15, -0.1) is 0 Å². The summed E-state index contributed by atoms with van der Waals surface area (Å²) >= 11 is 0. The quantitative estimate of drug-likeness (QED) is 0.521. The molecule has 2 N–H and O–H groups in total. The second-order valence-electron chi connectivity index (χ2n) is 2.09. The van der Waals surface area contributed by atoms with E-state index in [-0.39, 0.29) is 6.10 Å². The maximum absolute atomic E-state index is 8.75. The Hall–Kier alpha value is -0.0800. The summed E-state index contributed by atoms with van der Waals surface area (Å²) in [6, 6.07) is 0. The molecule has 0 rings (SSSR count). The van der Waals surface area contributed by atoms with Crippen molar-refractivity contribution >= 4 is 0 Å². The second-order valence-corrected chi connectivity index (χ2v) is 2.09. The molecule has 2 nitrogen and oxygen atoms in total. The fourth-order valence-corrected chi connectivity index (χ4v) is 0.574. The molecule has 0 aliphatic carbocycles. The van der Waals surface area contributed by atoms with E-state index in [1.54, 1.807) is 0 Å². The molecule has 50 valence electrons. The normalized spacial score (nSPS) is 13.9. The molecule has 0 saturated heterocycles. The Morgan fingerprint density at radius 2 is 2.25 bits per heavy atom. The van der Waals surface area contributed by atoms with Crippen molar-refractivity contribution in [2.24, 2.45) is 0 Å². The molecule has 0 unspecified atom stereocenters. The maximum atomic E-state index is 8.75. The zero-order valence-electron chi connectivity index (χ0n) is 5.65. The Morgan fingerprint density at radius 1 is 1.62 bits per heavy atom. The van der Waals surface area contributed by atoms with E-state index >= 15 is 0 Å². The first-order valence-corrected chi connectivity index (χ1v) is 3.10. The van der Waals surface area contributed by atoms with Gasteiger partial charge in [0, 0.05) is 0 Å². The van der Waals surface area contributed by atoms with Crippen LogP contribution < -0.4 is 5.32 Å². The standard InChI is InChI=1S/C6H15NO/c1-6(8)4-3-5-7-2/h6-8H,3-5H2,1-2H3/t6-/m1/s1. The van der Waals surface area contributed by atoms with Gasteiger partial charge in [-0.25, -0.2) is 0 Å². The minimum Gasteiger partial charge on any atom is -0.393 e. The van der Waals surface area contributed by atoms with Crippen LogP contribution in [0.4, 0.5) is 0 Å². The molecular weight excluding hydrogens is 102 g/mol. The van der Waals surface area contributed by atoms with Crippen LogP contribution >= 0.6 is 0 Å². The highest BCUT2D eigenvalue weighted by Gasteiger charge is 1.91. The van der Waals surface area contributed by atoms with Gasteiger partial charge in [0.05, 0.1) is 6.10 Å². The summed E-state index contributed by atoms with van der Waals surface area (Å²) in [5.74, 6) is 0. The van der Waals surface area contributed by atoms with Gasteiger partial charge in [0.25, 0.3) is 0 Å². The summed E-state index contributed by atoms with van der Waals surface area (Å²) in [5, 5.41) is 11.8. The highest BCUT2D eigenvalue weighted by molar-refractivity contribution is 4.47. The highest BCUT2D eigenvalue weighted by Crippen LogP contribution is 1.92. The van der Waals surface area contributed by atoms with Crippen molar-refractivity contribution < 1.29 is 5.11 Å². The van der Waals surface area contributed by atoms with E-state index in [0.717, 1.165) is 19.4 Å². The molecule has 0 fully saturated rings. The molecule has 0 radical (unpaired) electrons. The average Bonchev–Trinajstić information content (AvgIpc) is 1.66. The van der Waals surface area contributed by atoms with Crippen molar-refractivity contribution in [3.8, 4) is 0 Å². The SMILES string of the molecule is CNCCC[C@@H](C)O. The first-order chi connectivity index (χ1) is 3.77. The molecule has 0 bridgehead atoms. The largest absolute Gasteiger partial charge is 0.393 e. The van der Waals surface area contributed by atoms with Crippen LogP contribution in [0.3, 0.4) is 0 Å². The molecule has 0 saturated carbocycles. The van der Waals surface area contributed by atoms with E-state index in [1.165, 1.54) is 0 Å². The number of hydrogen-bond donors (Lipinski definition) is 2. The van der Waals surface area contributed by atoms with Crippen LogP contribution in [-0.2, 0) is 0 Å². The van der Waals surface area contributed by atoms with Crippen LogP contribution in [0.25, 0.3) is 0 Å². The highest BCUT2D eigenvalue weighted by atomic mass is 16.3. The van der Waals surface area contributed by atoms with E-state index in [4.69, 9.17) is 5.11 Å². The van der Waals surface area contributed by atoms with Crippen LogP contribution in [0.2, 0.25) is 0 Å². The Bertz CT molecular complexity index is 45.8. The maximum Gasteiger partial charge on any atom is 0.0512 e. The summed E-state index contributed by atoms with van der Waals surface area (Å²) in [4.78, 5) is 0. The zero-order chi connectivity index (χ0) is 6.41. The minimum atomic E-state index is -0.136. The predicted octanol–water partition coefficient (Wildman–Crippen LogP) is 0.367. The lowest BCUT2D eigenvalue weighted by atomic mass is 10.2. The number of nitrogens with one attached hydrogen (secondary N) is 1. The van der Waals surface area contributed by atoms with E-state index in [2.05, 4.69) is 5.32 Å². The molecule has 0 aromatic carbocycles. The van der Waals surface area contributed by atoms with Crippen LogP contribution in [-0.4, -0.2) is 24.8 Å². The van der Waals surface area contributed by atoms with Crippen LogP contribution in [0, 0.1) is 0 Å². The van der Waals surface area contributed by atoms with Gasteiger partial charge >= 0.3 is 0 Å². The summed E-state index contributed by atoms with van der Waals surface area (Å²) in [6.45, 7) is 2.82. The van der Waals surface area contributed by atoms with E-state index in [1.807, 2.05) is 14.0 Å². The summed E-state index contributed by atoms with van der Waals surface area (Å²) in [6.07, 6.45) is 1.83. The van der Waals surface area contributed by atoms with Crippen molar-refractivity contribution in [1.29, 1.82) is 0 Å². The third-order valence-corrected chi connectivity index (χ3v) is 1.05. The number of hydrogen-bond acceptors (Lipinski definition) is 2. The van der Waals surface area contributed by atoms with Gasteiger partial charge in [-0.05, 0) is 33.4 Å². The van der Waals surface area contributed by atoms with Gasteiger partial charge in [-0.2, -0.15) is 0 Å². The lowest BCUT2D eigenvalue weighted by molar-refractivity contribution is 0.181. The summed E-state index contributed by atoms with van der Waals surface area (Å²) in [7, 11) is 1.92. The van der Waals surface area contributed by atoms with Crippen molar-refractivity contribution in [1.82, 2.24) is 5.32 Å². The number of aliphatic hydroxyl groups is 1. The van der Waals surface area contributed by atoms with Crippen molar-refractivity contribution in [3.05, 3.63) is 0 Å². The fraction of sp³-hybridized carbons (Fsp3) is 1.00. The molecule has 0 aliphatic rings. The molecule has 8 heavy (non-hydrogen) atoms. The van der Waals surface area contributed by atoms with Crippen molar-refractivity contribution in [2.75, 3.05) is 13.6 Å². The second kappa shape index (κ2) is 5.06. The third-order valence-electron chi connectivity index (χ3n) is 1.05. The average molecular weight is 117 g/mol. The lowest BCUT2D eigenvalue weighted by Crippen LogP contribution is -2.10. The first kappa shape index (κ1) is 7.92. The van der Waals surface area contributed by atoms with Gasteiger partial charge in [-0.1, -0.05) is 0 Å². The lowest BCUT2D eigenvalue weighted by Gasteiger charge is -2.01. The molecule has 0 heterocycles. The van der Waals surface area contributed by atoms with Gasteiger partial charge < -0.3 is 10.4 Å². The molecule has 0 amide bonds. The van der Waals surface area contributed by atoms with Crippen molar-refractivity contribution in [3.63, 3.8) is 0 Å². The molecule has 0 aromatic heterocycles. The number of aliphatic hydroxyl groups excluding tert-OH is 1. The summed E-state index contributed by atoms with van der Waals surface area (Å²) < 4.78 is 0. The van der Waals surface area contributed by atoms with Gasteiger partial charge in [0.1, 0.15) is 0 Å². The minimum absolute atomic E-state index is 0.136. The Kier molecular flexibility index (Phi) is 5.01. The monoisotopic (exact) mass is 117 g/mol. The Morgan fingerprint density at radius 3 is 2.62 bits per heavy atom. The zero-order valence-corrected chi connectivity index (χ0v) is 5.65. The van der Waals surface area contributed by atoms with E-state index in [0.29, 0.717) is 0 Å². The Balaban J connectivity index is 2.72. The molecule has 0 spiro atoms. The summed E-state index contributed by atoms with van der Waals surface area (Å²) in [5.41, 5.74) is 0. The molecule has 1 atom stereocenters. The predicted molar refractivity (Wildman–Crippen MR) is 34.8 cm³/mol. The topological polar surface area (TPSA) is 32.3 Å². The smallest absolute Gasteiger partial charge is 0.0512 e. The van der Waals surface area contributed by atoms with Gasteiger partial charge in [-0.3, -0.25) is 0 Å². The van der Waals surface area contributed by atoms with E-state index in [9.17, 15) is 0 Å². The fourth-order valence-electron chi connectivity index (χ4n) is 0.574. The van der Waals surface area contributed by atoms with Crippen LogP contribution in [0.5, 0.6) is 0 Å². The van der Waals surface area contributed by atoms with Gasteiger partial charge in [0.2, 0.25) is 0 Å². The van der Waals surface area contributed by atoms with Crippen LogP contribution in [0.1, 0.15) is 19.8 Å². The molecular formula is C6H15NO. The number of rotatable bonds is 4. The molecule has 0 aromatic rings. The van der Waals surface area contributed by atoms with Crippen LogP contribution in [0.15, 0.2) is 0 Å².